The molecule has 0 saturated carbocycles. The second-order valence-electron chi connectivity index (χ2n) is 3.80. The normalized spacial score (nSPS) is 11.9. The molecule has 13 heteroatoms. The third kappa shape index (κ3) is 5.73. The van der Waals surface area contributed by atoms with E-state index < -0.39 is 20.7 Å². The molecule has 1 heterocycles. The van der Waals surface area contributed by atoms with Gasteiger partial charge in [-0.25, -0.2) is 4.98 Å². The third-order valence-electron chi connectivity index (χ3n) is 2.29. The summed E-state index contributed by atoms with van der Waals surface area (Å²) in [6.45, 7) is 0. The van der Waals surface area contributed by atoms with E-state index in [2.05, 4.69) is 15.3 Å². The van der Waals surface area contributed by atoms with Crippen LogP contribution < -0.4 is 5.32 Å². The molecule has 0 spiro atoms. The molecular weight excluding hydrogens is 342 g/mol. The first-order valence-corrected chi connectivity index (χ1v) is 8.36. The number of H-pyrrole nitrogens is 1. The number of nitrogens with one attached hydrogen (secondary N) is 2. The van der Waals surface area contributed by atoms with Gasteiger partial charge in [-0.05, 0) is 12.1 Å². The first-order chi connectivity index (χ1) is 8.68. The maximum absolute atomic E-state index is 11.1. The number of hydrogen-bond acceptors (Lipinski definition) is 4. The summed E-state index contributed by atoms with van der Waals surface area (Å²) < 4.78 is 22.2. The van der Waals surface area contributed by atoms with Gasteiger partial charge in [-0.1, -0.05) is 12.1 Å². The Bertz CT molecular complexity index is 643. The topological polar surface area (TPSA) is 156 Å². The van der Waals surface area contributed by atoms with Crippen LogP contribution in [0.25, 0.3) is 11.0 Å². The number of imidazole rings is 1. The zero-order valence-electron chi connectivity index (χ0n) is 9.33. The Hall–Kier alpha value is 0.790. The molecule has 0 aliphatic carbocycles. The summed E-state index contributed by atoms with van der Waals surface area (Å²) in [6.07, 6.45) is 0. The predicted octanol–water partition coefficient (Wildman–Crippen LogP) is -0.683. The first kappa shape index (κ1) is 21.8. The molecule has 9 nitrogen and oxygen atoms in total. The molecule has 21 heavy (non-hydrogen) atoms. The van der Waals surface area contributed by atoms with Crippen molar-refractivity contribution in [1.82, 2.24) is 9.97 Å². The van der Waals surface area contributed by atoms with Gasteiger partial charge in [-0.15, -0.1) is 0 Å². The van der Waals surface area contributed by atoms with Crippen molar-refractivity contribution in [2.24, 2.45) is 0 Å². The summed E-state index contributed by atoms with van der Waals surface area (Å²) in [4.78, 5) is 42.4. The standard InChI is InChI=1S/C8H11N3O6P2.2Na.2H/c12-18(13,14)8(19(15,16)17)11-7-9-5-3-1-2-4-6(5)10-7;;;;/h1-4,8H,(H2,9,10,11)(H2,12,13,14)(H2,15,16,17);;;;. The van der Waals surface area contributed by atoms with Crippen LogP contribution in [-0.2, 0) is 9.13 Å². The summed E-state index contributed by atoms with van der Waals surface area (Å²) in [7, 11) is -10.1. The van der Waals surface area contributed by atoms with Crippen LogP contribution >= 0.6 is 15.2 Å². The van der Waals surface area contributed by atoms with Crippen LogP contribution in [0.1, 0.15) is 0 Å². The SMILES string of the molecule is O=P(O)(O)C(Nc1nc2ccccc2[nH]1)P(=O)(O)O.[NaH].[NaH]. The van der Waals surface area contributed by atoms with Crippen LogP contribution in [0.2, 0.25) is 0 Å². The van der Waals surface area contributed by atoms with E-state index in [1.807, 2.05) is 0 Å². The molecule has 108 valence electrons. The van der Waals surface area contributed by atoms with E-state index in [-0.39, 0.29) is 65.1 Å². The minimum atomic E-state index is -5.04. The minimum absolute atomic E-state index is 0. The molecule has 0 bridgehead atoms. The molecule has 1 aromatic heterocycles. The number of aromatic nitrogens is 2. The molecule has 0 amide bonds. The molecule has 0 unspecified atom stereocenters. The van der Waals surface area contributed by atoms with E-state index in [9.17, 15) is 9.13 Å². The van der Waals surface area contributed by atoms with E-state index >= 15 is 0 Å². The zero-order valence-corrected chi connectivity index (χ0v) is 11.1. The van der Waals surface area contributed by atoms with Gasteiger partial charge >= 0.3 is 74.3 Å². The van der Waals surface area contributed by atoms with Crippen molar-refractivity contribution >= 4 is 91.3 Å². The fourth-order valence-electron chi connectivity index (χ4n) is 1.51. The average Bonchev–Trinajstić information content (AvgIpc) is 2.65. The van der Waals surface area contributed by atoms with Crippen LogP contribution in [0.15, 0.2) is 24.3 Å². The second kappa shape index (κ2) is 8.06. The molecule has 0 aliphatic heterocycles. The van der Waals surface area contributed by atoms with Crippen molar-refractivity contribution in [2.75, 3.05) is 5.32 Å². The zero-order chi connectivity index (χ0) is 14.3. The Morgan fingerprint density at radius 1 is 1.05 bits per heavy atom. The molecule has 0 fully saturated rings. The van der Waals surface area contributed by atoms with Gasteiger partial charge < -0.3 is 29.9 Å². The van der Waals surface area contributed by atoms with Crippen molar-refractivity contribution in [3.63, 3.8) is 0 Å². The molecule has 0 atom stereocenters. The Morgan fingerprint density at radius 2 is 1.57 bits per heavy atom. The fraction of sp³-hybridized carbons (Fsp3) is 0.125. The van der Waals surface area contributed by atoms with Gasteiger partial charge in [0, 0.05) is 0 Å². The van der Waals surface area contributed by atoms with Crippen molar-refractivity contribution in [3.05, 3.63) is 24.3 Å². The molecule has 2 aromatic rings. The van der Waals surface area contributed by atoms with Gasteiger partial charge in [0.1, 0.15) is 0 Å². The van der Waals surface area contributed by atoms with Crippen molar-refractivity contribution in [1.29, 1.82) is 0 Å². The summed E-state index contributed by atoms with van der Waals surface area (Å²) in [5.41, 5.74) is -1.26. The molecule has 2 rings (SSSR count). The van der Waals surface area contributed by atoms with Gasteiger partial charge in [-0.3, -0.25) is 9.13 Å². The Kier molecular flexibility index (Phi) is 8.36. The van der Waals surface area contributed by atoms with Crippen LogP contribution in [0.4, 0.5) is 5.95 Å². The number of fused-ring (bicyclic) bond motifs is 1. The van der Waals surface area contributed by atoms with Gasteiger partial charge in [0.05, 0.1) is 11.0 Å². The number of anilines is 1. The number of benzene rings is 1. The van der Waals surface area contributed by atoms with Crippen molar-refractivity contribution in [2.45, 2.75) is 5.52 Å². The van der Waals surface area contributed by atoms with Crippen molar-refractivity contribution < 1.29 is 28.7 Å². The molecular formula is C8H13N3Na2O6P2. The number of nitrogens with zero attached hydrogens (tertiary/aromatic N) is 1. The second-order valence-corrected chi connectivity index (χ2v) is 7.60. The van der Waals surface area contributed by atoms with Gasteiger partial charge in [0.15, 0.2) is 0 Å². The van der Waals surface area contributed by atoms with Gasteiger partial charge in [0.2, 0.25) is 11.5 Å². The average molecular weight is 355 g/mol. The number of hydrogen-bond donors (Lipinski definition) is 6. The van der Waals surface area contributed by atoms with Crippen LogP contribution in [0.5, 0.6) is 0 Å². The Balaban J connectivity index is 0.00000200. The van der Waals surface area contributed by atoms with E-state index in [0.717, 1.165) is 0 Å². The number of rotatable bonds is 4. The van der Waals surface area contributed by atoms with Crippen LogP contribution in [0, 0.1) is 0 Å². The van der Waals surface area contributed by atoms with E-state index in [4.69, 9.17) is 19.6 Å². The van der Waals surface area contributed by atoms with E-state index in [0.29, 0.717) is 11.0 Å². The summed E-state index contributed by atoms with van der Waals surface area (Å²) in [5.74, 6) is -0.127. The Morgan fingerprint density at radius 3 is 2.05 bits per heavy atom. The molecule has 0 radical (unpaired) electrons. The predicted molar refractivity (Wildman–Crippen MR) is 81.9 cm³/mol. The summed E-state index contributed by atoms with van der Waals surface area (Å²) in [6, 6.07) is 6.72. The Labute approximate surface area is 163 Å². The van der Waals surface area contributed by atoms with E-state index in [1.54, 1.807) is 24.3 Å². The van der Waals surface area contributed by atoms with Crippen LogP contribution in [0.3, 0.4) is 0 Å². The van der Waals surface area contributed by atoms with E-state index in [1.165, 1.54) is 0 Å². The first-order valence-electron chi connectivity index (χ1n) is 4.99. The maximum atomic E-state index is 11.1. The molecule has 1 aromatic carbocycles. The summed E-state index contributed by atoms with van der Waals surface area (Å²) >= 11 is 0. The fourth-order valence-corrected chi connectivity index (χ4v) is 3.66. The third-order valence-corrected chi connectivity index (χ3v) is 5.63. The van der Waals surface area contributed by atoms with Gasteiger partial charge in [-0.2, -0.15) is 0 Å². The van der Waals surface area contributed by atoms with Crippen molar-refractivity contribution in [3.8, 4) is 0 Å². The molecule has 0 aliphatic rings. The number of aromatic amines is 1. The number of para-hydroxylation sites is 2. The summed E-state index contributed by atoms with van der Waals surface area (Å²) in [5, 5.41) is 2.06. The van der Waals surface area contributed by atoms with Gasteiger partial charge in [0.25, 0.3) is 0 Å². The molecule has 0 saturated heterocycles. The molecule has 6 N–H and O–H groups in total. The van der Waals surface area contributed by atoms with Crippen LogP contribution in [-0.4, -0.2) is 94.2 Å². The quantitative estimate of drug-likeness (QED) is 0.311. The monoisotopic (exact) mass is 355 g/mol.